The van der Waals surface area contributed by atoms with Gasteiger partial charge in [-0.05, 0) is 25.1 Å². The van der Waals surface area contributed by atoms with Gasteiger partial charge in [0.25, 0.3) is 0 Å². The number of hydrogen-bond donors (Lipinski definition) is 0. The van der Waals surface area contributed by atoms with E-state index in [-0.39, 0.29) is 5.82 Å². The minimum Gasteiger partial charge on any atom is -0.460 e. The topological polar surface area (TPSA) is 36.9 Å². The van der Waals surface area contributed by atoms with Crippen LogP contribution in [0.15, 0.2) is 22.6 Å². The number of nitriles is 1. The lowest BCUT2D eigenvalue weighted by molar-refractivity contribution is 0.576. The summed E-state index contributed by atoms with van der Waals surface area (Å²) in [6.45, 7) is 1.72. The van der Waals surface area contributed by atoms with Crippen molar-refractivity contribution in [1.29, 1.82) is 5.26 Å². The zero-order chi connectivity index (χ0) is 9.42. The molecule has 2 nitrogen and oxygen atoms in total. The van der Waals surface area contributed by atoms with Crippen molar-refractivity contribution in [1.82, 2.24) is 0 Å². The van der Waals surface area contributed by atoms with E-state index in [4.69, 9.17) is 9.68 Å². The number of aryl methyl sites for hydroxylation is 1. The Balaban J connectivity index is 2.94. The highest BCUT2D eigenvalue weighted by Gasteiger charge is 2.09. The summed E-state index contributed by atoms with van der Waals surface area (Å²) in [6.07, 6.45) is 0. The Morgan fingerprint density at radius 3 is 2.92 bits per heavy atom. The van der Waals surface area contributed by atoms with Crippen LogP contribution in [-0.2, 0) is 0 Å². The molecule has 0 radical (unpaired) electrons. The third-order valence-electron chi connectivity index (χ3n) is 1.87. The van der Waals surface area contributed by atoms with E-state index in [0.717, 1.165) is 0 Å². The summed E-state index contributed by atoms with van der Waals surface area (Å²) >= 11 is 0. The average Bonchev–Trinajstić information content (AvgIpc) is 2.48. The molecule has 0 atom stereocenters. The molecule has 0 aliphatic heterocycles. The molecule has 0 amide bonds. The van der Waals surface area contributed by atoms with Crippen LogP contribution in [0.25, 0.3) is 11.0 Å². The van der Waals surface area contributed by atoms with E-state index in [1.54, 1.807) is 13.0 Å². The van der Waals surface area contributed by atoms with E-state index >= 15 is 0 Å². The van der Waals surface area contributed by atoms with Gasteiger partial charge in [0.05, 0.1) is 10.9 Å². The number of halogens is 1. The second-order valence-electron chi connectivity index (χ2n) is 2.81. The van der Waals surface area contributed by atoms with Crippen LogP contribution < -0.4 is 0 Å². The van der Waals surface area contributed by atoms with Crippen LogP contribution in [0.5, 0.6) is 0 Å². The molecule has 1 aromatic heterocycles. The minimum absolute atomic E-state index is 0.333. The summed E-state index contributed by atoms with van der Waals surface area (Å²) in [4.78, 5) is 0. The lowest BCUT2D eigenvalue weighted by Crippen LogP contribution is -1.78. The fourth-order valence-electron chi connectivity index (χ4n) is 1.30. The van der Waals surface area contributed by atoms with Crippen molar-refractivity contribution in [3.8, 4) is 6.07 Å². The van der Waals surface area contributed by atoms with Crippen LogP contribution in [0, 0.1) is 24.1 Å². The monoisotopic (exact) mass is 175 g/mol. The molecule has 64 valence electrons. The fourth-order valence-corrected chi connectivity index (χ4v) is 1.30. The van der Waals surface area contributed by atoms with Crippen molar-refractivity contribution in [3.63, 3.8) is 0 Å². The lowest BCUT2D eigenvalue weighted by atomic mass is 10.1. The predicted molar refractivity (Wildman–Crippen MR) is 45.6 cm³/mol. The van der Waals surface area contributed by atoms with E-state index in [2.05, 4.69) is 0 Å². The van der Waals surface area contributed by atoms with Crippen molar-refractivity contribution < 1.29 is 8.81 Å². The van der Waals surface area contributed by atoms with Crippen LogP contribution in [0.1, 0.15) is 11.3 Å². The molecule has 0 aliphatic rings. The van der Waals surface area contributed by atoms with Crippen LogP contribution in [-0.4, -0.2) is 0 Å². The molecule has 0 N–H and O–H groups in total. The Morgan fingerprint density at radius 2 is 2.23 bits per heavy atom. The highest BCUT2D eigenvalue weighted by atomic mass is 19.1. The fraction of sp³-hybridized carbons (Fsp3) is 0.100. The van der Waals surface area contributed by atoms with Gasteiger partial charge in [-0.25, -0.2) is 4.39 Å². The smallest absolute Gasteiger partial charge is 0.154 e. The highest BCUT2D eigenvalue weighted by molar-refractivity contribution is 5.83. The maximum Gasteiger partial charge on any atom is 0.154 e. The lowest BCUT2D eigenvalue weighted by Gasteiger charge is -1.92. The van der Waals surface area contributed by atoms with Gasteiger partial charge in [0.15, 0.2) is 5.58 Å². The first-order valence-corrected chi connectivity index (χ1v) is 3.81. The number of benzene rings is 1. The van der Waals surface area contributed by atoms with Gasteiger partial charge >= 0.3 is 0 Å². The number of furan rings is 1. The van der Waals surface area contributed by atoms with Crippen molar-refractivity contribution in [3.05, 3.63) is 35.3 Å². The zero-order valence-electron chi connectivity index (χ0n) is 6.97. The Kier molecular flexibility index (Phi) is 1.56. The predicted octanol–water partition coefficient (Wildman–Crippen LogP) is 2.75. The molecule has 0 unspecified atom stereocenters. The molecule has 0 spiro atoms. The van der Waals surface area contributed by atoms with Gasteiger partial charge in [-0.3, -0.25) is 0 Å². The summed E-state index contributed by atoms with van der Waals surface area (Å²) in [6, 6.07) is 6.23. The van der Waals surface area contributed by atoms with E-state index < -0.39 is 0 Å². The molecule has 0 aliphatic carbocycles. The summed E-state index contributed by atoms with van der Waals surface area (Å²) in [5.41, 5.74) is 0.699. The first-order valence-electron chi connectivity index (χ1n) is 3.81. The van der Waals surface area contributed by atoms with Crippen LogP contribution in [0.2, 0.25) is 0 Å². The normalized spacial score (nSPS) is 10.2. The number of rotatable bonds is 0. The van der Waals surface area contributed by atoms with Gasteiger partial charge in [0, 0.05) is 0 Å². The molecule has 1 heterocycles. The van der Waals surface area contributed by atoms with Gasteiger partial charge in [0.1, 0.15) is 17.6 Å². The number of fused-ring (bicyclic) bond motifs is 1. The van der Waals surface area contributed by atoms with Crippen LogP contribution in [0.4, 0.5) is 4.39 Å². The molecule has 13 heavy (non-hydrogen) atoms. The molecule has 2 rings (SSSR count). The highest BCUT2D eigenvalue weighted by Crippen LogP contribution is 2.24. The molecular formula is C10H6FNO. The number of nitrogens with zero attached hydrogens (tertiary/aromatic N) is 1. The van der Waals surface area contributed by atoms with Gasteiger partial charge in [-0.15, -0.1) is 0 Å². The molecule has 2 aromatic rings. The van der Waals surface area contributed by atoms with E-state index in [1.165, 1.54) is 12.1 Å². The SMILES string of the molecule is Cc1cc2c(F)ccc(C#N)c2o1. The Labute approximate surface area is 74.2 Å². The maximum atomic E-state index is 13.1. The van der Waals surface area contributed by atoms with Crippen molar-refractivity contribution >= 4 is 11.0 Å². The maximum absolute atomic E-state index is 13.1. The molecule has 3 heteroatoms. The van der Waals surface area contributed by atoms with Gasteiger partial charge in [-0.1, -0.05) is 0 Å². The van der Waals surface area contributed by atoms with Crippen LogP contribution >= 0.6 is 0 Å². The molecule has 0 saturated carbocycles. The first-order chi connectivity index (χ1) is 6.22. The Bertz CT molecular complexity index is 507. The summed E-state index contributed by atoms with van der Waals surface area (Å²) < 4.78 is 18.4. The number of hydrogen-bond acceptors (Lipinski definition) is 2. The van der Waals surface area contributed by atoms with Crippen LogP contribution in [0.3, 0.4) is 0 Å². The van der Waals surface area contributed by atoms with Crippen molar-refractivity contribution in [2.45, 2.75) is 6.92 Å². The summed E-state index contributed by atoms with van der Waals surface area (Å²) in [5, 5.41) is 9.08. The van der Waals surface area contributed by atoms with E-state index in [1.807, 2.05) is 6.07 Å². The zero-order valence-corrected chi connectivity index (χ0v) is 6.97. The van der Waals surface area contributed by atoms with Gasteiger partial charge < -0.3 is 4.42 Å². The second-order valence-corrected chi connectivity index (χ2v) is 2.81. The standard InChI is InChI=1S/C10H6FNO/c1-6-4-8-9(11)3-2-7(5-12)10(8)13-6/h2-4H,1H3. The van der Waals surface area contributed by atoms with Crippen molar-refractivity contribution in [2.24, 2.45) is 0 Å². The van der Waals surface area contributed by atoms with Gasteiger partial charge in [0.2, 0.25) is 0 Å². The molecule has 0 fully saturated rings. The van der Waals surface area contributed by atoms with E-state index in [0.29, 0.717) is 22.3 Å². The largest absolute Gasteiger partial charge is 0.460 e. The third-order valence-corrected chi connectivity index (χ3v) is 1.87. The first kappa shape index (κ1) is 7.81. The molecular weight excluding hydrogens is 169 g/mol. The third kappa shape index (κ3) is 1.07. The minimum atomic E-state index is -0.356. The molecule has 1 aromatic carbocycles. The summed E-state index contributed by atoms with van der Waals surface area (Å²) in [5.74, 6) is 0.252. The average molecular weight is 175 g/mol. The Hall–Kier alpha value is -1.82. The quantitative estimate of drug-likeness (QED) is 0.617. The van der Waals surface area contributed by atoms with Crippen molar-refractivity contribution in [2.75, 3.05) is 0 Å². The molecule has 0 bridgehead atoms. The second kappa shape index (κ2) is 2.60. The summed E-state index contributed by atoms with van der Waals surface area (Å²) in [7, 11) is 0. The molecule has 0 saturated heterocycles. The Morgan fingerprint density at radius 1 is 1.46 bits per heavy atom. The van der Waals surface area contributed by atoms with Gasteiger partial charge in [-0.2, -0.15) is 5.26 Å². The van der Waals surface area contributed by atoms with E-state index in [9.17, 15) is 4.39 Å².